The van der Waals surface area contributed by atoms with Crippen LogP contribution in [0.15, 0.2) is 42.5 Å². The van der Waals surface area contributed by atoms with Gasteiger partial charge < -0.3 is 10.4 Å². The van der Waals surface area contributed by atoms with E-state index in [1.807, 2.05) is 12.1 Å². The Morgan fingerprint density at radius 2 is 1.66 bits per heavy atom. The second kappa shape index (κ2) is 12.2. The molecule has 6 fully saturated rings. The number of carbonyl (C=O) groups is 1. The number of sulfonamides is 1. The van der Waals surface area contributed by atoms with Crippen molar-refractivity contribution in [2.24, 2.45) is 51.2 Å². The minimum atomic E-state index is -3.16. The minimum Gasteiger partial charge on any atom is -0.478 e. The van der Waals surface area contributed by atoms with Crippen molar-refractivity contribution in [3.63, 3.8) is 0 Å². The smallest absolute Gasteiger partial charge is 0.335 e. The number of allylic oxidation sites excluding steroid dienone is 3. The van der Waals surface area contributed by atoms with Crippen molar-refractivity contribution in [2.45, 2.75) is 130 Å². The molecular formula is C45H67N3O4S. The van der Waals surface area contributed by atoms with Gasteiger partial charge in [0.15, 0.2) is 0 Å². The predicted molar refractivity (Wildman–Crippen MR) is 214 cm³/mol. The summed E-state index contributed by atoms with van der Waals surface area (Å²) in [6, 6.07) is 7.72. The van der Waals surface area contributed by atoms with E-state index in [0.29, 0.717) is 41.7 Å². The monoisotopic (exact) mass is 745 g/mol. The van der Waals surface area contributed by atoms with E-state index in [2.05, 4.69) is 71.3 Å². The van der Waals surface area contributed by atoms with E-state index in [9.17, 15) is 18.3 Å². The first-order valence-electron chi connectivity index (χ1n) is 20.9. The Balaban J connectivity index is 1.03. The zero-order chi connectivity index (χ0) is 38.1. The molecule has 7 aliphatic rings. The molecule has 8 rings (SSSR count). The molecule has 0 amide bonds. The SMILES string of the molecule is C=C(C)[C@@H]1CC[C@]2(NCCN3C[C@@H]4C[C@@]3(C)CN4S(C)(=O)=O)CC[C@]3(C)[C@H](CCC4[C@@]5(C)CC=C(c6ccc(C(=O)O)cc6)C(C)(C)C5CC[C@]43C)C12. The molecule has 2 aliphatic heterocycles. The number of hydrogen-bond acceptors (Lipinski definition) is 5. The highest BCUT2D eigenvalue weighted by Crippen LogP contribution is 2.76. The topological polar surface area (TPSA) is 90.0 Å². The fraction of sp³-hybridized carbons (Fsp3) is 0.756. The first-order valence-corrected chi connectivity index (χ1v) is 22.7. The second-order valence-electron chi connectivity index (χ2n) is 20.8. The highest BCUT2D eigenvalue weighted by atomic mass is 32.2. The number of benzene rings is 1. The van der Waals surface area contributed by atoms with Gasteiger partial charge in [-0.2, -0.15) is 4.31 Å². The Hall–Kier alpha value is -2.00. The van der Waals surface area contributed by atoms with Crippen molar-refractivity contribution in [3.8, 4) is 0 Å². The highest BCUT2D eigenvalue weighted by molar-refractivity contribution is 7.88. The number of piperazine rings is 1. The third-order valence-electron chi connectivity index (χ3n) is 18.1. The molecule has 2 bridgehead atoms. The van der Waals surface area contributed by atoms with Crippen molar-refractivity contribution in [2.75, 3.05) is 32.4 Å². The number of carboxylic acids is 1. The third kappa shape index (κ3) is 5.40. The minimum absolute atomic E-state index is 0.00789. The number of carboxylic acid groups (broad SMARTS) is 1. The second-order valence-corrected chi connectivity index (χ2v) is 22.7. The molecule has 0 radical (unpaired) electrons. The van der Waals surface area contributed by atoms with E-state index in [4.69, 9.17) is 0 Å². The van der Waals surface area contributed by atoms with Crippen LogP contribution in [0.5, 0.6) is 0 Å². The molecule has 5 aliphatic carbocycles. The Bertz CT molecular complexity index is 1820. The van der Waals surface area contributed by atoms with Gasteiger partial charge in [0.05, 0.1) is 11.8 Å². The fourth-order valence-electron chi connectivity index (χ4n) is 15.5. The summed E-state index contributed by atoms with van der Waals surface area (Å²) < 4.78 is 26.6. The van der Waals surface area contributed by atoms with E-state index >= 15 is 0 Å². The van der Waals surface area contributed by atoms with Gasteiger partial charge in [0.1, 0.15) is 0 Å². The summed E-state index contributed by atoms with van der Waals surface area (Å²) in [7, 11) is -3.16. The molecule has 11 atom stereocenters. The zero-order valence-corrected chi connectivity index (χ0v) is 34.7. The Kier molecular flexibility index (Phi) is 8.76. The van der Waals surface area contributed by atoms with E-state index in [1.54, 1.807) is 16.4 Å². The van der Waals surface area contributed by atoms with Crippen molar-refractivity contribution < 1.29 is 18.3 Å². The molecule has 1 aromatic rings. The molecule has 0 spiro atoms. The maximum absolute atomic E-state index is 12.4. The molecule has 53 heavy (non-hydrogen) atoms. The summed E-state index contributed by atoms with van der Waals surface area (Å²) in [5, 5.41) is 13.8. The number of nitrogens with zero attached hydrogens (tertiary/aromatic N) is 2. The maximum Gasteiger partial charge on any atom is 0.335 e. The number of aromatic carboxylic acids is 1. The van der Waals surface area contributed by atoms with Crippen LogP contribution in [0.2, 0.25) is 0 Å². The van der Waals surface area contributed by atoms with Gasteiger partial charge in [-0.1, -0.05) is 65.0 Å². The summed E-state index contributed by atoms with van der Waals surface area (Å²) in [6.07, 6.45) is 16.1. The summed E-state index contributed by atoms with van der Waals surface area (Å²) in [5.74, 6) is 2.23. The Morgan fingerprint density at radius 1 is 0.943 bits per heavy atom. The van der Waals surface area contributed by atoms with Crippen molar-refractivity contribution in [1.29, 1.82) is 0 Å². The third-order valence-corrected chi connectivity index (χ3v) is 19.4. The summed E-state index contributed by atoms with van der Waals surface area (Å²) in [6.45, 7) is 25.6. The number of fused-ring (bicyclic) bond motifs is 9. The lowest BCUT2D eigenvalue weighted by molar-refractivity contribution is -0.219. The average molecular weight is 746 g/mol. The zero-order valence-electron chi connectivity index (χ0n) is 33.9. The maximum atomic E-state index is 12.4. The molecule has 3 unspecified atom stereocenters. The van der Waals surface area contributed by atoms with Crippen molar-refractivity contribution in [3.05, 3.63) is 53.6 Å². The van der Waals surface area contributed by atoms with Gasteiger partial charge in [-0.3, -0.25) is 4.90 Å². The predicted octanol–water partition coefficient (Wildman–Crippen LogP) is 8.49. The van der Waals surface area contributed by atoms with E-state index in [1.165, 1.54) is 74.3 Å². The van der Waals surface area contributed by atoms with Gasteiger partial charge in [0.25, 0.3) is 0 Å². The number of hydrogen-bond donors (Lipinski definition) is 2. The lowest BCUT2D eigenvalue weighted by atomic mass is 9.33. The van der Waals surface area contributed by atoms with E-state index in [0.717, 1.165) is 32.5 Å². The molecule has 8 heteroatoms. The molecule has 1 aromatic carbocycles. The van der Waals surface area contributed by atoms with Gasteiger partial charge in [0, 0.05) is 43.3 Å². The van der Waals surface area contributed by atoms with Gasteiger partial charge in [0.2, 0.25) is 10.0 Å². The standard InChI is InChI=1S/C45H67N3O4S/c1-29(2)33-16-21-45(46-24-25-47-27-32-26-41(47,5)28-48(32)53(9,51)52)23-22-43(7)35(38(33)45)14-15-37-42(6)19-17-34(30-10-12-31(13-11-30)39(49)50)40(3,4)36(42)18-20-44(37,43)8/h10-13,17,32-33,35-38,46H,1,14-16,18-28H2,2-9H3,(H,49,50)/t32-,33-,35+,36?,37?,38?,41-,42-,43+,44+,45-/m0/s1. The Labute approximate surface area is 320 Å². The van der Waals surface area contributed by atoms with Gasteiger partial charge in [-0.05, 0) is 153 Å². The normalized spacial score (nSPS) is 44.8. The van der Waals surface area contributed by atoms with Crippen LogP contribution in [-0.4, -0.2) is 78.3 Å². The van der Waals surface area contributed by atoms with Crippen LogP contribution in [0.1, 0.15) is 129 Å². The molecule has 7 nitrogen and oxygen atoms in total. The van der Waals surface area contributed by atoms with Crippen LogP contribution >= 0.6 is 0 Å². The van der Waals surface area contributed by atoms with Crippen LogP contribution in [-0.2, 0) is 10.0 Å². The average Bonchev–Trinajstić information content (AvgIpc) is 3.73. The number of nitrogens with one attached hydrogen (secondary N) is 1. The number of likely N-dealkylation sites (tertiary alicyclic amines) is 1. The lowest BCUT2D eigenvalue weighted by Gasteiger charge is -2.72. The van der Waals surface area contributed by atoms with Crippen LogP contribution in [0.3, 0.4) is 0 Å². The van der Waals surface area contributed by atoms with Gasteiger partial charge in [-0.25, -0.2) is 13.2 Å². The largest absolute Gasteiger partial charge is 0.478 e. The highest BCUT2D eigenvalue weighted by Gasteiger charge is 2.70. The summed E-state index contributed by atoms with van der Waals surface area (Å²) >= 11 is 0. The van der Waals surface area contributed by atoms with Crippen molar-refractivity contribution >= 4 is 21.6 Å². The molecular weight excluding hydrogens is 679 g/mol. The van der Waals surface area contributed by atoms with Gasteiger partial charge >= 0.3 is 5.97 Å². The van der Waals surface area contributed by atoms with Crippen molar-refractivity contribution in [1.82, 2.24) is 14.5 Å². The molecule has 2 N–H and O–H groups in total. The van der Waals surface area contributed by atoms with Crippen LogP contribution in [0, 0.1) is 51.2 Å². The molecule has 292 valence electrons. The Morgan fingerprint density at radius 3 is 2.28 bits per heavy atom. The first-order chi connectivity index (χ1) is 24.7. The molecule has 0 aromatic heterocycles. The molecule has 2 saturated heterocycles. The fourth-order valence-corrected chi connectivity index (χ4v) is 16.7. The summed E-state index contributed by atoms with van der Waals surface area (Å²) in [4.78, 5) is 14.2. The van der Waals surface area contributed by atoms with Gasteiger partial charge in [-0.15, -0.1) is 0 Å². The van der Waals surface area contributed by atoms with Crippen LogP contribution in [0.25, 0.3) is 5.57 Å². The van der Waals surface area contributed by atoms with Crippen LogP contribution < -0.4 is 5.32 Å². The van der Waals surface area contributed by atoms with E-state index in [-0.39, 0.29) is 38.8 Å². The molecule has 4 saturated carbocycles. The number of rotatable bonds is 8. The van der Waals surface area contributed by atoms with E-state index < -0.39 is 16.0 Å². The first kappa shape index (κ1) is 37.9. The summed E-state index contributed by atoms with van der Waals surface area (Å²) in [5.41, 5.74) is 5.16. The quantitative estimate of drug-likeness (QED) is 0.260. The molecule has 2 heterocycles. The van der Waals surface area contributed by atoms with Crippen LogP contribution in [0.4, 0.5) is 0 Å². The lowest BCUT2D eigenvalue weighted by Crippen LogP contribution is -2.68.